The van der Waals surface area contributed by atoms with Crippen molar-refractivity contribution in [2.24, 2.45) is 7.05 Å². The zero-order valence-electron chi connectivity index (χ0n) is 9.07. The lowest BCUT2D eigenvalue weighted by atomic mass is 10.1. The quantitative estimate of drug-likeness (QED) is 0.841. The second-order valence-electron chi connectivity index (χ2n) is 3.40. The lowest BCUT2D eigenvalue weighted by Crippen LogP contribution is -1.97. The third kappa shape index (κ3) is 1.60. The van der Waals surface area contributed by atoms with Crippen molar-refractivity contribution in [1.29, 1.82) is 0 Å². The summed E-state index contributed by atoms with van der Waals surface area (Å²) in [5.74, 6) is 0.283. The topological polar surface area (TPSA) is 53.1 Å². The van der Waals surface area contributed by atoms with Gasteiger partial charge in [-0.25, -0.2) is 4.39 Å². The average molecular weight is 221 g/mol. The van der Waals surface area contributed by atoms with Crippen LogP contribution in [-0.2, 0) is 7.05 Å². The molecule has 0 fully saturated rings. The zero-order chi connectivity index (χ0) is 11.7. The minimum absolute atomic E-state index is 0.181. The number of benzene rings is 1. The van der Waals surface area contributed by atoms with Crippen LogP contribution >= 0.6 is 0 Å². The van der Waals surface area contributed by atoms with Crippen LogP contribution in [0.25, 0.3) is 11.3 Å². The van der Waals surface area contributed by atoms with E-state index in [0.717, 1.165) is 0 Å². The van der Waals surface area contributed by atoms with Gasteiger partial charge < -0.3 is 10.5 Å². The number of methoxy groups -OCH3 is 1. The van der Waals surface area contributed by atoms with Gasteiger partial charge in [-0.3, -0.25) is 4.68 Å². The number of nitrogens with two attached hydrogens (primary N) is 1. The van der Waals surface area contributed by atoms with Crippen LogP contribution in [0.15, 0.2) is 24.3 Å². The lowest BCUT2D eigenvalue weighted by molar-refractivity contribution is 0.388. The molecule has 0 radical (unpaired) electrons. The summed E-state index contributed by atoms with van der Waals surface area (Å²) in [6.07, 6.45) is 0. The van der Waals surface area contributed by atoms with Gasteiger partial charge in [-0.2, -0.15) is 5.10 Å². The molecule has 16 heavy (non-hydrogen) atoms. The van der Waals surface area contributed by atoms with Crippen molar-refractivity contribution >= 4 is 5.82 Å². The molecule has 4 nitrogen and oxygen atoms in total. The Hall–Kier alpha value is -2.04. The minimum Gasteiger partial charge on any atom is -0.493 e. The standard InChI is InChI=1S/C11H12FN3O/c1-15-10(13)6-9(14-15)7-4-3-5-8(12)11(7)16-2/h3-6H,13H2,1-2H3. The Bertz CT molecular complexity index is 502. The van der Waals surface area contributed by atoms with Gasteiger partial charge in [0, 0.05) is 18.7 Å². The van der Waals surface area contributed by atoms with E-state index in [4.69, 9.17) is 10.5 Å². The molecule has 1 aromatic carbocycles. The van der Waals surface area contributed by atoms with E-state index in [2.05, 4.69) is 5.10 Å². The van der Waals surface area contributed by atoms with Gasteiger partial charge in [0.2, 0.25) is 0 Å². The number of para-hydroxylation sites is 1. The zero-order valence-corrected chi connectivity index (χ0v) is 9.07. The molecular weight excluding hydrogens is 209 g/mol. The van der Waals surface area contributed by atoms with Crippen LogP contribution in [0, 0.1) is 5.82 Å². The molecule has 0 saturated heterocycles. The second kappa shape index (κ2) is 3.84. The van der Waals surface area contributed by atoms with E-state index in [0.29, 0.717) is 17.1 Å². The van der Waals surface area contributed by atoms with E-state index >= 15 is 0 Å². The van der Waals surface area contributed by atoms with Gasteiger partial charge in [0.05, 0.1) is 12.8 Å². The Morgan fingerprint density at radius 3 is 2.75 bits per heavy atom. The molecule has 0 unspecified atom stereocenters. The first-order valence-electron chi connectivity index (χ1n) is 4.76. The van der Waals surface area contributed by atoms with E-state index in [1.54, 1.807) is 25.2 Å². The van der Waals surface area contributed by atoms with Crippen LogP contribution in [0.1, 0.15) is 0 Å². The molecule has 1 aromatic heterocycles. The molecule has 2 aromatic rings. The van der Waals surface area contributed by atoms with E-state index < -0.39 is 5.82 Å². The predicted octanol–water partition coefficient (Wildman–Crippen LogP) is 1.82. The van der Waals surface area contributed by atoms with Crippen LogP contribution < -0.4 is 10.5 Å². The van der Waals surface area contributed by atoms with Gasteiger partial charge in [0.15, 0.2) is 11.6 Å². The first-order valence-corrected chi connectivity index (χ1v) is 4.76. The van der Waals surface area contributed by atoms with Gasteiger partial charge in [0.25, 0.3) is 0 Å². The monoisotopic (exact) mass is 221 g/mol. The lowest BCUT2D eigenvalue weighted by Gasteiger charge is -2.06. The number of ether oxygens (including phenoxy) is 1. The largest absolute Gasteiger partial charge is 0.493 e. The third-order valence-corrected chi connectivity index (χ3v) is 2.36. The highest BCUT2D eigenvalue weighted by Crippen LogP contribution is 2.31. The Balaban J connectivity index is 2.59. The molecule has 0 atom stereocenters. The molecule has 1 heterocycles. The van der Waals surface area contributed by atoms with Crippen molar-refractivity contribution in [3.8, 4) is 17.0 Å². The van der Waals surface area contributed by atoms with Gasteiger partial charge in [-0.05, 0) is 12.1 Å². The van der Waals surface area contributed by atoms with Crippen molar-refractivity contribution in [3.63, 3.8) is 0 Å². The van der Waals surface area contributed by atoms with Crippen molar-refractivity contribution in [2.45, 2.75) is 0 Å². The van der Waals surface area contributed by atoms with Crippen LogP contribution in [0.5, 0.6) is 5.75 Å². The van der Waals surface area contributed by atoms with Crippen LogP contribution in [0.4, 0.5) is 10.2 Å². The molecule has 0 spiro atoms. The number of hydrogen-bond acceptors (Lipinski definition) is 3. The van der Waals surface area contributed by atoms with Crippen LogP contribution in [0.2, 0.25) is 0 Å². The van der Waals surface area contributed by atoms with Gasteiger partial charge >= 0.3 is 0 Å². The Kier molecular flexibility index (Phi) is 2.52. The molecule has 0 amide bonds. The maximum Gasteiger partial charge on any atom is 0.165 e. The van der Waals surface area contributed by atoms with Crippen molar-refractivity contribution in [1.82, 2.24) is 9.78 Å². The molecule has 2 N–H and O–H groups in total. The highest BCUT2D eigenvalue weighted by atomic mass is 19.1. The number of nitrogen functional groups attached to an aromatic ring is 1. The average Bonchev–Trinajstić information content (AvgIpc) is 2.59. The highest BCUT2D eigenvalue weighted by Gasteiger charge is 2.13. The molecule has 0 saturated carbocycles. The number of aryl methyl sites for hydroxylation is 1. The summed E-state index contributed by atoms with van der Waals surface area (Å²) >= 11 is 0. The number of aromatic nitrogens is 2. The van der Waals surface area contributed by atoms with Gasteiger partial charge in [0.1, 0.15) is 5.82 Å². The van der Waals surface area contributed by atoms with E-state index in [9.17, 15) is 4.39 Å². The molecule has 0 aliphatic heterocycles. The maximum absolute atomic E-state index is 13.5. The van der Waals surface area contributed by atoms with Crippen molar-refractivity contribution in [2.75, 3.05) is 12.8 Å². The summed E-state index contributed by atoms with van der Waals surface area (Å²) in [6, 6.07) is 6.37. The van der Waals surface area contributed by atoms with Crippen LogP contribution in [-0.4, -0.2) is 16.9 Å². The minimum atomic E-state index is -0.413. The van der Waals surface area contributed by atoms with Crippen molar-refractivity contribution < 1.29 is 9.13 Å². The predicted molar refractivity (Wildman–Crippen MR) is 59.6 cm³/mol. The summed E-state index contributed by atoms with van der Waals surface area (Å²) in [7, 11) is 3.15. The highest BCUT2D eigenvalue weighted by molar-refractivity contribution is 5.69. The number of rotatable bonds is 2. The Labute approximate surface area is 92.4 Å². The molecule has 0 aliphatic carbocycles. The summed E-state index contributed by atoms with van der Waals surface area (Å²) in [6.45, 7) is 0. The van der Waals surface area contributed by atoms with Gasteiger partial charge in [-0.1, -0.05) is 6.07 Å². The first kappa shape index (κ1) is 10.5. The van der Waals surface area contributed by atoms with E-state index in [1.807, 2.05) is 0 Å². The molecular formula is C11H12FN3O. The molecule has 5 heteroatoms. The normalized spacial score (nSPS) is 10.4. The fraction of sp³-hybridized carbons (Fsp3) is 0.182. The summed E-state index contributed by atoms with van der Waals surface area (Å²) in [5.41, 5.74) is 6.86. The first-order chi connectivity index (χ1) is 7.63. The van der Waals surface area contributed by atoms with Crippen molar-refractivity contribution in [3.05, 3.63) is 30.1 Å². The SMILES string of the molecule is COc1c(F)cccc1-c1cc(N)n(C)n1. The Morgan fingerprint density at radius 2 is 2.19 bits per heavy atom. The number of nitrogens with zero attached hydrogens (tertiary/aromatic N) is 2. The van der Waals surface area contributed by atoms with E-state index in [-0.39, 0.29) is 5.75 Å². The van der Waals surface area contributed by atoms with Gasteiger partial charge in [-0.15, -0.1) is 0 Å². The smallest absolute Gasteiger partial charge is 0.165 e. The maximum atomic E-state index is 13.5. The second-order valence-corrected chi connectivity index (χ2v) is 3.40. The number of hydrogen-bond donors (Lipinski definition) is 1. The summed E-state index contributed by atoms with van der Waals surface area (Å²) in [5, 5.41) is 4.18. The Morgan fingerprint density at radius 1 is 1.44 bits per heavy atom. The number of halogens is 1. The summed E-state index contributed by atoms with van der Waals surface area (Å²) in [4.78, 5) is 0. The third-order valence-electron chi connectivity index (χ3n) is 2.36. The molecule has 0 aliphatic rings. The molecule has 0 bridgehead atoms. The molecule has 2 rings (SSSR count). The van der Waals surface area contributed by atoms with E-state index in [1.165, 1.54) is 17.9 Å². The van der Waals surface area contributed by atoms with Crippen LogP contribution in [0.3, 0.4) is 0 Å². The summed E-state index contributed by atoms with van der Waals surface area (Å²) < 4.78 is 20.0. The molecule has 84 valence electrons. The fourth-order valence-electron chi connectivity index (χ4n) is 1.53. The fourth-order valence-corrected chi connectivity index (χ4v) is 1.53. The number of anilines is 1.